The molecule has 15 heavy (non-hydrogen) atoms. The second-order valence-electron chi connectivity index (χ2n) is 3.96. The van der Waals surface area contributed by atoms with Crippen LogP contribution in [0.2, 0.25) is 0 Å². The first-order valence-electron chi connectivity index (χ1n) is 5.63. The van der Waals surface area contributed by atoms with Crippen molar-refractivity contribution in [3.8, 4) is 0 Å². The van der Waals surface area contributed by atoms with Gasteiger partial charge in [0.05, 0.1) is 5.69 Å². The standard InChI is InChI=1S/C12H21N3/c1-11(2)14-9-5-7-13-10-12-6-3-4-8-15-12/h3-4,6,8,11,13-14H,5,7,9-10H2,1-2H3. The van der Waals surface area contributed by atoms with Gasteiger partial charge in [0.1, 0.15) is 0 Å². The van der Waals surface area contributed by atoms with E-state index in [-0.39, 0.29) is 0 Å². The molecule has 1 aromatic rings. The van der Waals surface area contributed by atoms with E-state index < -0.39 is 0 Å². The molecule has 0 spiro atoms. The Morgan fingerprint density at radius 1 is 1.27 bits per heavy atom. The number of nitrogens with zero attached hydrogens (tertiary/aromatic N) is 1. The molecule has 0 fully saturated rings. The lowest BCUT2D eigenvalue weighted by atomic mass is 10.3. The van der Waals surface area contributed by atoms with Crippen LogP contribution in [0.1, 0.15) is 26.0 Å². The minimum atomic E-state index is 0.584. The average molecular weight is 207 g/mol. The third-order valence-electron chi connectivity index (χ3n) is 2.12. The second kappa shape index (κ2) is 7.37. The van der Waals surface area contributed by atoms with Crippen LogP contribution >= 0.6 is 0 Å². The Kier molecular flexibility index (Phi) is 5.97. The van der Waals surface area contributed by atoms with Crippen molar-refractivity contribution in [2.24, 2.45) is 0 Å². The zero-order chi connectivity index (χ0) is 10.9. The lowest BCUT2D eigenvalue weighted by Gasteiger charge is -2.08. The van der Waals surface area contributed by atoms with E-state index in [1.165, 1.54) is 0 Å². The van der Waals surface area contributed by atoms with Crippen molar-refractivity contribution in [1.29, 1.82) is 0 Å². The Morgan fingerprint density at radius 3 is 2.80 bits per heavy atom. The summed E-state index contributed by atoms with van der Waals surface area (Å²) in [4.78, 5) is 4.25. The molecular formula is C12H21N3. The molecule has 0 unspecified atom stereocenters. The molecule has 3 heteroatoms. The summed E-state index contributed by atoms with van der Waals surface area (Å²) in [6, 6.07) is 6.58. The number of aromatic nitrogens is 1. The number of hydrogen-bond donors (Lipinski definition) is 2. The first kappa shape index (κ1) is 12.1. The molecular weight excluding hydrogens is 186 g/mol. The zero-order valence-corrected chi connectivity index (χ0v) is 9.66. The molecule has 0 aliphatic heterocycles. The van der Waals surface area contributed by atoms with Gasteiger partial charge in [0, 0.05) is 18.8 Å². The first-order chi connectivity index (χ1) is 7.29. The highest BCUT2D eigenvalue weighted by molar-refractivity contribution is 5.02. The number of nitrogens with one attached hydrogen (secondary N) is 2. The van der Waals surface area contributed by atoms with Gasteiger partial charge in [0.15, 0.2) is 0 Å². The molecule has 0 aliphatic rings. The molecule has 1 aromatic heterocycles. The third-order valence-corrected chi connectivity index (χ3v) is 2.12. The highest BCUT2D eigenvalue weighted by atomic mass is 14.9. The Balaban J connectivity index is 1.98. The molecule has 1 heterocycles. The van der Waals surface area contributed by atoms with E-state index in [0.29, 0.717) is 6.04 Å². The molecule has 2 N–H and O–H groups in total. The van der Waals surface area contributed by atoms with E-state index in [9.17, 15) is 0 Å². The highest BCUT2D eigenvalue weighted by Crippen LogP contribution is 1.91. The largest absolute Gasteiger partial charge is 0.314 e. The van der Waals surface area contributed by atoms with Gasteiger partial charge in [-0.25, -0.2) is 0 Å². The van der Waals surface area contributed by atoms with Gasteiger partial charge in [-0.15, -0.1) is 0 Å². The van der Waals surface area contributed by atoms with Crippen molar-refractivity contribution >= 4 is 0 Å². The van der Waals surface area contributed by atoms with Gasteiger partial charge in [-0.1, -0.05) is 19.9 Å². The SMILES string of the molecule is CC(C)NCCCNCc1ccccn1. The fourth-order valence-electron chi connectivity index (χ4n) is 1.32. The fraction of sp³-hybridized carbons (Fsp3) is 0.583. The van der Waals surface area contributed by atoms with Crippen LogP contribution in [-0.4, -0.2) is 24.1 Å². The van der Waals surface area contributed by atoms with E-state index in [1.54, 1.807) is 0 Å². The summed E-state index contributed by atoms with van der Waals surface area (Å²) >= 11 is 0. The van der Waals surface area contributed by atoms with Crippen molar-refractivity contribution in [3.05, 3.63) is 30.1 Å². The predicted molar refractivity (Wildman–Crippen MR) is 63.7 cm³/mol. The van der Waals surface area contributed by atoms with Gasteiger partial charge < -0.3 is 10.6 Å². The molecule has 0 saturated carbocycles. The average Bonchev–Trinajstić information content (AvgIpc) is 2.24. The fourth-order valence-corrected chi connectivity index (χ4v) is 1.32. The Bertz CT molecular complexity index is 246. The summed E-state index contributed by atoms with van der Waals surface area (Å²) < 4.78 is 0. The third kappa shape index (κ3) is 6.20. The quantitative estimate of drug-likeness (QED) is 0.666. The van der Waals surface area contributed by atoms with Crippen LogP contribution in [0.5, 0.6) is 0 Å². The molecule has 1 rings (SSSR count). The van der Waals surface area contributed by atoms with Crippen molar-refractivity contribution in [3.63, 3.8) is 0 Å². The highest BCUT2D eigenvalue weighted by Gasteiger charge is 1.93. The smallest absolute Gasteiger partial charge is 0.0541 e. The number of pyridine rings is 1. The van der Waals surface area contributed by atoms with Gasteiger partial charge in [0.25, 0.3) is 0 Å². The van der Waals surface area contributed by atoms with Crippen molar-refractivity contribution in [2.45, 2.75) is 32.9 Å². The molecule has 84 valence electrons. The minimum absolute atomic E-state index is 0.584. The topological polar surface area (TPSA) is 37.0 Å². The Morgan fingerprint density at radius 2 is 2.13 bits per heavy atom. The van der Waals surface area contributed by atoms with Gasteiger partial charge in [-0.2, -0.15) is 0 Å². The zero-order valence-electron chi connectivity index (χ0n) is 9.66. The van der Waals surface area contributed by atoms with Crippen LogP contribution in [0.25, 0.3) is 0 Å². The maximum absolute atomic E-state index is 4.25. The summed E-state index contributed by atoms with van der Waals surface area (Å²) in [5.74, 6) is 0. The molecule has 0 bridgehead atoms. The van der Waals surface area contributed by atoms with Gasteiger partial charge in [-0.05, 0) is 31.6 Å². The maximum Gasteiger partial charge on any atom is 0.0541 e. The summed E-state index contributed by atoms with van der Waals surface area (Å²) in [6.07, 6.45) is 2.99. The van der Waals surface area contributed by atoms with E-state index >= 15 is 0 Å². The molecule has 0 radical (unpaired) electrons. The van der Waals surface area contributed by atoms with Crippen LogP contribution < -0.4 is 10.6 Å². The molecule has 3 nitrogen and oxygen atoms in total. The summed E-state index contributed by atoms with van der Waals surface area (Å²) in [6.45, 7) is 7.31. The van der Waals surface area contributed by atoms with E-state index in [4.69, 9.17) is 0 Å². The molecule has 0 saturated heterocycles. The lowest BCUT2D eigenvalue weighted by Crippen LogP contribution is -2.26. The van der Waals surface area contributed by atoms with Crippen LogP contribution in [0.15, 0.2) is 24.4 Å². The molecule has 0 amide bonds. The second-order valence-corrected chi connectivity index (χ2v) is 3.96. The molecule has 0 atom stereocenters. The summed E-state index contributed by atoms with van der Waals surface area (Å²) in [7, 11) is 0. The summed E-state index contributed by atoms with van der Waals surface area (Å²) in [5.41, 5.74) is 1.11. The van der Waals surface area contributed by atoms with E-state index in [2.05, 4.69) is 29.5 Å². The van der Waals surface area contributed by atoms with Gasteiger partial charge in [0.2, 0.25) is 0 Å². The van der Waals surface area contributed by atoms with Crippen LogP contribution in [0.4, 0.5) is 0 Å². The van der Waals surface area contributed by atoms with Crippen molar-refractivity contribution < 1.29 is 0 Å². The molecule has 0 aliphatic carbocycles. The van der Waals surface area contributed by atoms with E-state index in [1.807, 2.05) is 24.4 Å². The van der Waals surface area contributed by atoms with Crippen molar-refractivity contribution in [2.75, 3.05) is 13.1 Å². The van der Waals surface area contributed by atoms with Crippen LogP contribution in [0, 0.1) is 0 Å². The van der Waals surface area contributed by atoms with Crippen molar-refractivity contribution in [1.82, 2.24) is 15.6 Å². The van der Waals surface area contributed by atoms with Gasteiger partial charge in [-0.3, -0.25) is 4.98 Å². The number of rotatable bonds is 7. The predicted octanol–water partition coefficient (Wildman–Crippen LogP) is 1.56. The van der Waals surface area contributed by atoms with Crippen LogP contribution in [-0.2, 0) is 6.54 Å². The Hall–Kier alpha value is -0.930. The first-order valence-corrected chi connectivity index (χ1v) is 5.63. The van der Waals surface area contributed by atoms with Crippen LogP contribution in [0.3, 0.4) is 0 Å². The van der Waals surface area contributed by atoms with E-state index in [0.717, 1.165) is 31.7 Å². The van der Waals surface area contributed by atoms with Gasteiger partial charge >= 0.3 is 0 Å². The lowest BCUT2D eigenvalue weighted by molar-refractivity contribution is 0.546. The monoisotopic (exact) mass is 207 g/mol. The number of hydrogen-bond acceptors (Lipinski definition) is 3. The molecule has 0 aromatic carbocycles. The normalized spacial score (nSPS) is 10.9. The Labute approximate surface area is 92.3 Å². The summed E-state index contributed by atoms with van der Waals surface area (Å²) in [5, 5.41) is 6.76. The minimum Gasteiger partial charge on any atom is -0.314 e. The maximum atomic E-state index is 4.25.